The van der Waals surface area contributed by atoms with Crippen LogP contribution in [-0.4, -0.2) is 18.4 Å². The second kappa shape index (κ2) is 9.37. The third-order valence-electron chi connectivity index (χ3n) is 4.71. The topological polar surface area (TPSA) is 58.6 Å². The van der Waals surface area contributed by atoms with Crippen LogP contribution < -0.4 is 15.0 Å². The molecule has 0 aromatic heterocycles. The number of carbonyl (C=O) groups is 2. The predicted octanol–water partition coefficient (Wildman–Crippen LogP) is 5.19. The Morgan fingerprint density at radius 1 is 1.06 bits per heavy atom. The summed E-state index contributed by atoms with van der Waals surface area (Å²) in [5.41, 5.74) is 2.16. The number of amides is 2. The number of rotatable bonds is 5. The highest BCUT2D eigenvalue weighted by atomic mass is 79.9. The largest absolute Gasteiger partial charge is 0.449 e. The first-order valence-electron chi connectivity index (χ1n) is 9.57. The number of anilines is 1. The number of hydrogen-bond donors (Lipinski definition) is 1. The van der Waals surface area contributed by atoms with Gasteiger partial charge in [0.2, 0.25) is 5.91 Å². The van der Waals surface area contributed by atoms with Gasteiger partial charge in [0.1, 0.15) is 6.54 Å². The lowest BCUT2D eigenvalue weighted by atomic mass is 10.1. The Labute approximate surface area is 193 Å². The van der Waals surface area contributed by atoms with Gasteiger partial charge in [0.15, 0.2) is 11.5 Å². The summed E-state index contributed by atoms with van der Waals surface area (Å²) < 4.78 is 6.74. The molecule has 3 aromatic carbocycles. The van der Waals surface area contributed by atoms with Gasteiger partial charge in [-0.05, 0) is 47.5 Å². The van der Waals surface area contributed by atoms with Crippen LogP contribution in [-0.2, 0) is 16.1 Å². The van der Waals surface area contributed by atoms with Crippen LogP contribution in [0.4, 0.5) is 5.69 Å². The summed E-state index contributed by atoms with van der Waals surface area (Å²) in [5.74, 6) is -0.0173. The summed E-state index contributed by atoms with van der Waals surface area (Å²) in [6, 6.07) is 22.0. The molecule has 1 N–H and O–H groups in total. The summed E-state index contributed by atoms with van der Waals surface area (Å²) in [6.07, 6.45) is 1.66. The van der Waals surface area contributed by atoms with Gasteiger partial charge in [0.25, 0.3) is 5.91 Å². The van der Waals surface area contributed by atoms with Gasteiger partial charge in [0, 0.05) is 16.0 Å². The third kappa shape index (κ3) is 4.98. The average Bonchev–Trinajstić information content (AvgIpc) is 2.76. The van der Waals surface area contributed by atoms with E-state index in [1.807, 2.05) is 48.5 Å². The normalized spacial score (nSPS) is 14.2. The lowest BCUT2D eigenvalue weighted by Crippen LogP contribution is -2.44. The molecule has 156 valence electrons. The minimum Gasteiger partial charge on any atom is -0.449 e. The van der Waals surface area contributed by atoms with E-state index >= 15 is 0 Å². The first kappa shape index (κ1) is 21.2. The molecular weight excluding hydrogens is 480 g/mol. The smallest absolute Gasteiger partial charge is 0.294 e. The van der Waals surface area contributed by atoms with Gasteiger partial charge in [-0.1, -0.05) is 70.0 Å². The number of hydrogen-bond acceptors (Lipinski definition) is 3. The van der Waals surface area contributed by atoms with Crippen molar-refractivity contribution in [1.82, 2.24) is 5.32 Å². The van der Waals surface area contributed by atoms with Gasteiger partial charge in [-0.15, -0.1) is 0 Å². The Hall–Kier alpha value is -3.09. The summed E-state index contributed by atoms with van der Waals surface area (Å²) in [5, 5.41) is 3.41. The zero-order chi connectivity index (χ0) is 21.8. The highest BCUT2D eigenvalue weighted by Gasteiger charge is 2.31. The van der Waals surface area contributed by atoms with Gasteiger partial charge < -0.3 is 10.1 Å². The molecule has 7 heteroatoms. The molecule has 4 rings (SSSR count). The maximum Gasteiger partial charge on any atom is 0.294 e. The maximum absolute atomic E-state index is 13.2. The van der Waals surface area contributed by atoms with Gasteiger partial charge >= 0.3 is 0 Å². The van der Waals surface area contributed by atoms with Crippen LogP contribution in [0.1, 0.15) is 11.1 Å². The molecule has 1 aliphatic heterocycles. The molecule has 1 aliphatic rings. The lowest BCUT2D eigenvalue weighted by Gasteiger charge is -2.30. The Morgan fingerprint density at radius 2 is 1.84 bits per heavy atom. The Balaban J connectivity index is 1.56. The number of carbonyl (C=O) groups excluding carboxylic acids is 2. The molecule has 0 bridgehead atoms. The highest BCUT2D eigenvalue weighted by molar-refractivity contribution is 9.10. The number of benzene rings is 3. The summed E-state index contributed by atoms with van der Waals surface area (Å²) >= 11 is 9.58. The fourth-order valence-electron chi connectivity index (χ4n) is 3.20. The van der Waals surface area contributed by atoms with E-state index in [1.54, 1.807) is 30.3 Å². The van der Waals surface area contributed by atoms with Crippen LogP contribution >= 0.6 is 27.5 Å². The zero-order valence-electron chi connectivity index (χ0n) is 16.3. The van der Waals surface area contributed by atoms with Crippen molar-refractivity contribution in [3.05, 3.63) is 99.2 Å². The molecule has 2 amide bonds. The number of nitrogens with zero attached hydrogens (tertiary/aromatic N) is 1. The van der Waals surface area contributed by atoms with Crippen molar-refractivity contribution in [1.29, 1.82) is 0 Å². The molecule has 0 saturated carbocycles. The number of halogens is 2. The Bertz CT molecular complexity index is 1180. The zero-order valence-corrected chi connectivity index (χ0v) is 18.7. The van der Waals surface area contributed by atoms with Crippen LogP contribution in [0, 0.1) is 0 Å². The first-order valence-corrected chi connectivity index (χ1v) is 10.7. The Morgan fingerprint density at radius 3 is 2.65 bits per heavy atom. The SMILES string of the molecule is O=C(CN1C(=O)C(=Cc2cccc(Br)c2)Oc2ccccc21)NCc1ccccc1Cl. The van der Waals surface area contributed by atoms with Gasteiger partial charge in [-0.25, -0.2) is 0 Å². The summed E-state index contributed by atoms with van der Waals surface area (Å²) in [7, 11) is 0. The minimum atomic E-state index is -0.383. The highest BCUT2D eigenvalue weighted by Crippen LogP contribution is 2.35. The molecule has 0 saturated heterocycles. The predicted molar refractivity (Wildman–Crippen MR) is 125 cm³/mol. The van der Waals surface area contributed by atoms with Crippen molar-refractivity contribution in [3.8, 4) is 5.75 Å². The standard InChI is InChI=1S/C24H18BrClN2O3/c25-18-8-5-6-16(12-18)13-22-24(30)28(20-10-3-4-11-21(20)31-22)15-23(29)27-14-17-7-1-2-9-19(17)26/h1-13H,14-15H2,(H,27,29). The molecule has 0 spiro atoms. The first-order chi connectivity index (χ1) is 15.0. The monoisotopic (exact) mass is 496 g/mol. The molecule has 1 heterocycles. The van der Waals surface area contributed by atoms with Crippen LogP contribution in [0.15, 0.2) is 83.0 Å². The average molecular weight is 498 g/mol. The van der Waals surface area contributed by atoms with E-state index < -0.39 is 0 Å². The lowest BCUT2D eigenvalue weighted by molar-refractivity contribution is -0.123. The molecule has 3 aromatic rings. The quantitative estimate of drug-likeness (QED) is 0.494. The number of nitrogens with one attached hydrogen (secondary N) is 1. The second-order valence-corrected chi connectivity index (χ2v) is 8.22. The van der Waals surface area contributed by atoms with Crippen LogP contribution in [0.2, 0.25) is 5.02 Å². The van der Waals surface area contributed by atoms with Crippen LogP contribution in [0.25, 0.3) is 6.08 Å². The second-order valence-electron chi connectivity index (χ2n) is 6.89. The van der Waals surface area contributed by atoms with Crippen molar-refractivity contribution in [2.24, 2.45) is 0 Å². The number of ether oxygens (including phenoxy) is 1. The van der Waals surface area contributed by atoms with Crippen LogP contribution in [0.3, 0.4) is 0 Å². The van der Waals surface area contributed by atoms with Crippen molar-refractivity contribution in [3.63, 3.8) is 0 Å². The number of fused-ring (bicyclic) bond motifs is 1. The van der Waals surface area contributed by atoms with Crippen molar-refractivity contribution < 1.29 is 14.3 Å². The van der Waals surface area contributed by atoms with E-state index in [-0.39, 0.29) is 30.7 Å². The van der Waals surface area contributed by atoms with Crippen molar-refractivity contribution in [2.75, 3.05) is 11.4 Å². The fraction of sp³-hybridized carbons (Fsp3) is 0.0833. The Kier molecular flexibility index (Phi) is 6.39. The molecule has 0 fully saturated rings. The molecular formula is C24H18BrClN2O3. The van der Waals surface area contributed by atoms with Gasteiger partial charge in [-0.2, -0.15) is 0 Å². The molecule has 0 radical (unpaired) electrons. The summed E-state index contributed by atoms with van der Waals surface area (Å²) in [6.45, 7) is 0.138. The summed E-state index contributed by atoms with van der Waals surface area (Å²) in [4.78, 5) is 27.2. The van der Waals surface area contributed by atoms with Crippen molar-refractivity contribution >= 4 is 51.1 Å². The van der Waals surface area contributed by atoms with E-state index in [0.29, 0.717) is 16.5 Å². The van der Waals surface area contributed by atoms with E-state index in [4.69, 9.17) is 16.3 Å². The molecule has 0 unspecified atom stereocenters. The van der Waals surface area contributed by atoms with E-state index in [0.717, 1.165) is 15.6 Å². The minimum absolute atomic E-state index is 0.139. The van der Waals surface area contributed by atoms with Gasteiger partial charge in [0.05, 0.1) is 5.69 Å². The third-order valence-corrected chi connectivity index (χ3v) is 5.58. The molecule has 5 nitrogen and oxygen atoms in total. The van der Waals surface area contributed by atoms with E-state index in [9.17, 15) is 9.59 Å². The number of para-hydroxylation sites is 2. The molecule has 31 heavy (non-hydrogen) atoms. The molecule has 0 aliphatic carbocycles. The van der Waals surface area contributed by atoms with E-state index in [2.05, 4.69) is 21.2 Å². The van der Waals surface area contributed by atoms with Crippen molar-refractivity contribution in [2.45, 2.75) is 6.54 Å². The van der Waals surface area contributed by atoms with Crippen LogP contribution in [0.5, 0.6) is 5.75 Å². The maximum atomic E-state index is 13.2. The van der Waals surface area contributed by atoms with E-state index in [1.165, 1.54) is 4.90 Å². The fourth-order valence-corrected chi connectivity index (χ4v) is 3.82. The van der Waals surface area contributed by atoms with Gasteiger partial charge in [-0.3, -0.25) is 14.5 Å². The molecule has 0 atom stereocenters.